The Hall–Kier alpha value is -1.18. The van der Waals surface area contributed by atoms with E-state index in [4.69, 9.17) is 4.74 Å². The average Bonchev–Trinajstić information content (AvgIpc) is 2.29. The Morgan fingerprint density at radius 2 is 2.25 bits per heavy atom. The molecule has 1 aromatic carbocycles. The van der Waals surface area contributed by atoms with E-state index in [0.29, 0.717) is 5.92 Å². The van der Waals surface area contributed by atoms with Crippen LogP contribution in [0.5, 0.6) is 5.75 Å². The van der Waals surface area contributed by atoms with E-state index in [1.54, 1.807) is 0 Å². The predicted molar refractivity (Wildman–Crippen MR) is 49.6 cm³/mol. The highest BCUT2D eigenvalue weighted by Gasteiger charge is 2.11. The Balaban J connectivity index is 2.26. The lowest BCUT2D eigenvalue weighted by atomic mass is 10.2. The topological polar surface area (TPSA) is 21.3 Å². The molecule has 0 spiro atoms. The molecule has 0 saturated heterocycles. The van der Waals surface area contributed by atoms with Gasteiger partial charge in [-0.15, -0.1) is 0 Å². The van der Waals surface area contributed by atoms with Gasteiger partial charge in [-0.2, -0.15) is 0 Å². The van der Waals surface area contributed by atoms with Gasteiger partial charge in [0, 0.05) is 12.5 Å². The van der Waals surface area contributed by atoms with E-state index in [1.807, 2.05) is 24.3 Å². The largest absolute Gasteiger partial charge is 0.491 e. The van der Waals surface area contributed by atoms with Crippen LogP contribution >= 0.6 is 0 Å². The minimum absolute atomic E-state index is 0.581. The maximum absolute atomic E-state index is 5.60. The summed E-state index contributed by atoms with van der Waals surface area (Å²) in [6.07, 6.45) is 0. The molecule has 1 aliphatic rings. The first-order chi connectivity index (χ1) is 5.86. The number of nitrogens with one attached hydrogen (secondary N) is 1. The van der Waals surface area contributed by atoms with E-state index < -0.39 is 0 Å². The number of rotatable bonds is 0. The highest BCUT2D eigenvalue weighted by atomic mass is 16.5. The van der Waals surface area contributed by atoms with Crippen molar-refractivity contribution >= 4 is 5.69 Å². The molecule has 12 heavy (non-hydrogen) atoms. The zero-order valence-corrected chi connectivity index (χ0v) is 7.21. The summed E-state index contributed by atoms with van der Waals surface area (Å²) in [6.45, 7) is 3.99. The van der Waals surface area contributed by atoms with Crippen LogP contribution in [0.1, 0.15) is 6.92 Å². The Morgan fingerprint density at radius 3 is 3.17 bits per heavy atom. The van der Waals surface area contributed by atoms with Crippen molar-refractivity contribution in [2.45, 2.75) is 6.92 Å². The summed E-state index contributed by atoms with van der Waals surface area (Å²) >= 11 is 0. The molecule has 0 radical (unpaired) electrons. The Morgan fingerprint density at radius 1 is 1.42 bits per heavy atom. The van der Waals surface area contributed by atoms with Crippen molar-refractivity contribution in [2.24, 2.45) is 5.92 Å². The van der Waals surface area contributed by atoms with Gasteiger partial charge in [0.2, 0.25) is 0 Å². The Bertz CT molecular complexity index is 245. The lowest BCUT2D eigenvalue weighted by Gasteiger charge is -2.05. The summed E-state index contributed by atoms with van der Waals surface area (Å²) in [6, 6.07) is 8.06. The summed E-state index contributed by atoms with van der Waals surface area (Å²) < 4.78 is 5.60. The number of ether oxygens (including phenoxy) is 1. The van der Waals surface area contributed by atoms with Gasteiger partial charge in [0.15, 0.2) is 0 Å². The molecule has 1 aromatic rings. The zero-order valence-electron chi connectivity index (χ0n) is 7.21. The van der Waals surface area contributed by atoms with E-state index in [9.17, 15) is 0 Å². The molecule has 64 valence electrons. The van der Waals surface area contributed by atoms with Crippen LogP contribution < -0.4 is 10.1 Å². The molecule has 0 bridgehead atoms. The highest BCUT2D eigenvalue weighted by molar-refractivity contribution is 5.56. The smallest absolute Gasteiger partial charge is 0.142 e. The maximum Gasteiger partial charge on any atom is 0.142 e. The Labute approximate surface area is 72.5 Å². The second-order valence-corrected chi connectivity index (χ2v) is 3.29. The van der Waals surface area contributed by atoms with Crippen molar-refractivity contribution in [2.75, 3.05) is 18.5 Å². The van der Waals surface area contributed by atoms with Gasteiger partial charge in [0.25, 0.3) is 0 Å². The molecule has 2 heteroatoms. The van der Waals surface area contributed by atoms with Crippen molar-refractivity contribution in [1.29, 1.82) is 0 Å². The van der Waals surface area contributed by atoms with Crippen LogP contribution in [-0.2, 0) is 0 Å². The minimum Gasteiger partial charge on any atom is -0.491 e. The lowest BCUT2D eigenvalue weighted by Crippen LogP contribution is -2.13. The average molecular weight is 163 g/mol. The highest BCUT2D eigenvalue weighted by Crippen LogP contribution is 2.26. The monoisotopic (exact) mass is 163 g/mol. The number of anilines is 1. The molecule has 2 rings (SSSR count). The molecular weight excluding hydrogens is 150 g/mol. The van der Waals surface area contributed by atoms with E-state index in [1.165, 1.54) is 0 Å². The van der Waals surface area contributed by atoms with Crippen LogP contribution in [0.2, 0.25) is 0 Å². The third-order valence-corrected chi connectivity index (χ3v) is 2.05. The quantitative estimate of drug-likeness (QED) is 0.632. The third kappa shape index (κ3) is 1.37. The van der Waals surface area contributed by atoms with Crippen molar-refractivity contribution in [3.05, 3.63) is 24.3 Å². The van der Waals surface area contributed by atoms with Gasteiger partial charge in [0.05, 0.1) is 12.3 Å². The van der Waals surface area contributed by atoms with E-state index in [-0.39, 0.29) is 0 Å². The first kappa shape index (κ1) is 7.47. The standard InChI is InChI=1S/C10H13NO/c1-8-6-11-9-4-2-3-5-10(9)12-7-8/h2-5,8,11H,6-7H2,1H3. The van der Waals surface area contributed by atoms with Crippen LogP contribution in [0, 0.1) is 5.92 Å². The van der Waals surface area contributed by atoms with Gasteiger partial charge in [-0.25, -0.2) is 0 Å². The van der Waals surface area contributed by atoms with E-state index in [2.05, 4.69) is 12.2 Å². The summed E-state index contributed by atoms with van der Waals surface area (Å²) in [5, 5.41) is 3.35. The van der Waals surface area contributed by atoms with Crippen LogP contribution in [0.25, 0.3) is 0 Å². The first-order valence-electron chi connectivity index (χ1n) is 4.32. The number of hydrogen-bond acceptors (Lipinski definition) is 2. The molecule has 1 heterocycles. The summed E-state index contributed by atoms with van der Waals surface area (Å²) in [7, 11) is 0. The van der Waals surface area contributed by atoms with Crippen molar-refractivity contribution in [1.82, 2.24) is 0 Å². The van der Waals surface area contributed by atoms with Crippen molar-refractivity contribution < 1.29 is 4.74 Å². The van der Waals surface area contributed by atoms with Crippen LogP contribution in [-0.4, -0.2) is 13.2 Å². The van der Waals surface area contributed by atoms with Gasteiger partial charge in [0.1, 0.15) is 5.75 Å². The fourth-order valence-electron chi connectivity index (χ4n) is 1.31. The third-order valence-electron chi connectivity index (χ3n) is 2.05. The fraction of sp³-hybridized carbons (Fsp3) is 0.400. The van der Waals surface area contributed by atoms with Crippen molar-refractivity contribution in [3.8, 4) is 5.75 Å². The first-order valence-corrected chi connectivity index (χ1v) is 4.32. The molecule has 0 aromatic heterocycles. The van der Waals surface area contributed by atoms with Gasteiger partial charge in [-0.1, -0.05) is 19.1 Å². The van der Waals surface area contributed by atoms with Crippen LogP contribution in [0.15, 0.2) is 24.3 Å². The van der Waals surface area contributed by atoms with E-state index >= 15 is 0 Å². The molecule has 1 unspecified atom stereocenters. The molecule has 1 N–H and O–H groups in total. The molecule has 0 fully saturated rings. The van der Waals surface area contributed by atoms with E-state index in [0.717, 1.165) is 24.6 Å². The second-order valence-electron chi connectivity index (χ2n) is 3.29. The fourth-order valence-corrected chi connectivity index (χ4v) is 1.31. The minimum atomic E-state index is 0.581. The van der Waals surface area contributed by atoms with Gasteiger partial charge < -0.3 is 10.1 Å². The second kappa shape index (κ2) is 3.05. The van der Waals surface area contributed by atoms with Crippen molar-refractivity contribution in [3.63, 3.8) is 0 Å². The summed E-state index contributed by atoms with van der Waals surface area (Å²) in [5.74, 6) is 1.55. The molecule has 0 amide bonds. The molecule has 1 atom stereocenters. The lowest BCUT2D eigenvalue weighted by molar-refractivity contribution is 0.275. The summed E-state index contributed by atoms with van der Waals surface area (Å²) in [4.78, 5) is 0. The summed E-state index contributed by atoms with van der Waals surface area (Å²) in [5.41, 5.74) is 1.11. The molecule has 1 aliphatic heterocycles. The number of para-hydroxylation sites is 2. The zero-order chi connectivity index (χ0) is 8.39. The normalized spacial score (nSPS) is 21.6. The van der Waals surface area contributed by atoms with Gasteiger partial charge >= 0.3 is 0 Å². The predicted octanol–water partition coefficient (Wildman–Crippen LogP) is 2.13. The number of benzene rings is 1. The maximum atomic E-state index is 5.60. The molecule has 2 nitrogen and oxygen atoms in total. The van der Waals surface area contributed by atoms with Gasteiger partial charge in [-0.05, 0) is 12.1 Å². The number of fused-ring (bicyclic) bond motifs is 1. The van der Waals surface area contributed by atoms with Gasteiger partial charge in [-0.3, -0.25) is 0 Å². The van der Waals surface area contributed by atoms with Crippen LogP contribution in [0.4, 0.5) is 5.69 Å². The molecule has 0 aliphatic carbocycles. The number of hydrogen-bond donors (Lipinski definition) is 1. The Kier molecular flexibility index (Phi) is 1.90. The molecular formula is C10H13NO. The molecule has 0 saturated carbocycles. The SMILES string of the molecule is CC1CNc2ccccc2OC1. The van der Waals surface area contributed by atoms with Crippen LogP contribution in [0.3, 0.4) is 0 Å².